The van der Waals surface area contributed by atoms with Gasteiger partial charge in [-0.25, -0.2) is 0 Å². The van der Waals surface area contributed by atoms with E-state index < -0.39 is 0 Å². The van der Waals surface area contributed by atoms with Crippen molar-refractivity contribution < 1.29 is 4.79 Å². The zero-order chi connectivity index (χ0) is 16.0. The van der Waals surface area contributed by atoms with Gasteiger partial charge in [-0.15, -0.1) is 0 Å². The minimum absolute atomic E-state index is 0.0596. The van der Waals surface area contributed by atoms with E-state index in [0.29, 0.717) is 5.56 Å². The van der Waals surface area contributed by atoms with Gasteiger partial charge in [-0.1, -0.05) is 52.0 Å². The maximum absolute atomic E-state index is 12.3. The quantitative estimate of drug-likeness (QED) is 0.838. The van der Waals surface area contributed by atoms with E-state index in [4.69, 9.17) is 0 Å². The van der Waals surface area contributed by atoms with E-state index in [1.54, 1.807) is 0 Å². The van der Waals surface area contributed by atoms with Crippen LogP contribution in [0.5, 0.6) is 0 Å². The summed E-state index contributed by atoms with van der Waals surface area (Å²) in [6.45, 7) is 9.15. The zero-order valence-electron chi connectivity index (χ0n) is 13.7. The number of benzene rings is 2. The predicted octanol–water partition coefficient (Wildman–Crippen LogP) is 4.90. The van der Waals surface area contributed by atoms with Gasteiger partial charge in [-0.05, 0) is 52.6 Å². The molecule has 0 fully saturated rings. The van der Waals surface area contributed by atoms with Crippen molar-refractivity contribution in [3.05, 3.63) is 65.2 Å². The normalized spacial score (nSPS) is 17.8. The summed E-state index contributed by atoms with van der Waals surface area (Å²) >= 11 is 0. The van der Waals surface area contributed by atoms with Gasteiger partial charge in [0.25, 0.3) is 5.91 Å². The average molecular weight is 293 g/mol. The van der Waals surface area contributed by atoms with Gasteiger partial charge in [0.15, 0.2) is 0 Å². The van der Waals surface area contributed by atoms with Crippen LogP contribution in [0, 0.1) is 0 Å². The standard InChI is InChI=1S/C20H23NO/c1-19(2)13-20(3,4)17-12-15(10-11-16(17)19)21-18(22)14-8-6-5-7-9-14/h5-12H,13H2,1-4H3,(H,21,22). The molecule has 1 amide bonds. The minimum atomic E-state index is -0.0596. The first-order valence-corrected chi connectivity index (χ1v) is 7.81. The highest BCUT2D eigenvalue weighted by Crippen LogP contribution is 2.49. The van der Waals surface area contributed by atoms with Gasteiger partial charge >= 0.3 is 0 Å². The first-order valence-electron chi connectivity index (χ1n) is 7.81. The van der Waals surface area contributed by atoms with E-state index in [1.807, 2.05) is 36.4 Å². The molecule has 1 N–H and O–H groups in total. The Morgan fingerprint density at radius 3 is 2.23 bits per heavy atom. The van der Waals surface area contributed by atoms with Gasteiger partial charge in [-0.3, -0.25) is 4.79 Å². The topological polar surface area (TPSA) is 29.1 Å². The van der Waals surface area contributed by atoms with E-state index >= 15 is 0 Å². The summed E-state index contributed by atoms with van der Waals surface area (Å²) in [5, 5.41) is 3.01. The summed E-state index contributed by atoms with van der Waals surface area (Å²) in [7, 11) is 0. The van der Waals surface area contributed by atoms with E-state index in [0.717, 1.165) is 12.1 Å². The van der Waals surface area contributed by atoms with Crippen molar-refractivity contribution in [3.63, 3.8) is 0 Å². The van der Waals surface area contributed by atoms with Crippen molar-refractivity contribution in [3.8, 4) is 0 Å². The number of anilines is 1. The Morgan fingerprint density at radius 1 is 0.909 bits per heavy atom. The second-order valence-corrected chi connectivity index (χ2v) is 7.53. The molecule has 0 saturated carbocycles. The van der Waals surface area contributed by atoms with Crippen molar-refractivity contribution in [2.45, 2.75) is 44.9 Å². The Labute approximate surface area is 132 Å². The number of hydrogen-bond donors (Lipinski definition) is 1. The van der Waals surface area contributed by atoms with Gasteiger partial charge < -0.3 is 5.32 Å². The average Bonchev–Trinajstić information content (AvgIpc) is 2.65. The second kappa shape index (κ2) is 4.98. The molecule has 0 saturated heterocycles. The first kappa shape index (κ1) is 14.8. The molecule has 2 aromatic rings. The Kier molecular flexibility index (Phi) is 3.36. The van der Waals surface area contributed by atoms with Crippen LogP contribution in [0.2, 0.25) is 0 Å². The Bertz CT molecular complexity index is 714. The highest BCUT2D eigenvalue weighted by Gasteiger charge is 2.41. The number of amides is 1. The van der Waals surface area contributed by atoms with Gasteiger partial charge in [0, 0.05) is 11.3 Å². The van der Waals surface area contributed by atoms with Gasteiger partial charge in [0.1, 0.15) is 0 Å². The number of rotatable bonds is 2. The molecule has 0 unspecified atom stereocenters. The van der Waals surface area contributed by atoms with Crippen LogP contribution in [-0.2, 0) is 10.8 Å². The Hall–Kier alpha value is -2.09. The molecule has 0 aliphatic heterocycles. The molecule has 2 heteroatoms. The highest BCUT2D eigenvalue weighted by atomic mass is 16.1. The molecule has 0 heterocycles. The molecule has 0 spiro atoms. The molecule has 1 aliphatic carbocycles. The number of carbonyl (C=O) groups is 1. The summed E-state index contributed by atoms with van der Waals surface area (Å²) in [4.78, 5) is 12.3. The third-order valence-corrected chi connectivity index (χ3v) is 4.66. The SMILES string of the molecule is CC1(C)CC(C)(C)c2cc(NC(=O)c3ccccc3)ccc21. The zero-order valence-corrected chi connectivity index (χ0v) is 13.7. The molecular formula is C20H23NO. The van der Waals surface area contributed by atoms with Gasteiger partial charge in [0.2, 0.25) is 0 Å². The van der Waals surface area contributed by atoms with E-state index in [9.17, 15) is 4.79 Å². The Morgan fingerprint density at radius 2 is 1.55 bits per heavy atom. The smallest absolute Gasteiger partial charge is 0.255 e. The summed E-state index contributed by atoms with van der Waals surface area (Å²) in [5.74, 6) is -0.0596. The van der Waals surface area contributed by atoms with Crippen molar-refractivity contribution in [2.75, 3.05) is 5.32 Å². The minimum Gasteiger partial charge on any atom is -0.322 e. The molecule has 0 aromatic heterocycles. The van der Waals surface area contributed by atoms with E-state index in [2.05, 4.69) is 45.1 Å². The van der Waals surface area contributed by atoms with Crippen LogP contribution in [0.4, 0.5) is 5.69 Å². The Balaban J connectivity index is 1.91. The number of hydrogen-bond acceptors (Lipinski definition) is 1. The third-order valence-electron chi connectivity index (χ3n) is 4.66. The molecule has 1 aliphatic rings. The van der Waals surface area contributed by atoms with Gasteiger partial charge in [0.05, 0.1) is 0 Å². The van der Waals surface area contributed by atoms with Crippen molar-refractivity contribution >= 4 is 11.6 Å². The fourth-order valence-electron chi connectivity index (χ4n) is 3.86. The molecule has 3 rings (SSSR count). The number of fused-ring (bicyclic) bond motifs is 1. The number of carbonyl (C=O) groups excluding carboxylic acids is 1. The van der Waals surface area contributed by atoms with Crippen LogP contribution in [0.3, 0.4) is 0 Å². The number of nitrogens with one attached hydrogen (secondary N) is 1. The van der Waals surface area contributed by atoms with E-state index in [1.165, 1.54) is 11.1 Å². The fourth-order valence-corrected chi connectivity index (χ4v) is 3.86. The predicted molar refractivity (Wildman–Crippen MR) is 91.5 cm³/mol. The molecule has 2 nitrogen and oxygen atoms in total. The van der Waals surface area contributed by atoms with E-state index in [-0.39, 0.29) is 16.7 Å². The van der Waals surface area contributed by atoms with Gasteiger partial charge in [-0.2, -0.15) is 0 Å². The maximum Gasteiger partial charge on any atom is 0.255 e. The maximum atomic E-state index is 12.3. The lowest BCUT2D eigenvalue weighted by molar-refractivity contribution is 0.102. The van der Waals surface area contributed by atoms with Crippen LogP contribution < -0.4 is 5.32 Å². The molecule has 2 aromatic carbocycles. The molecule has 114 valence electrons. The highest BCUT2D eigenvalue weighted by molar-refractivity contribution is 6.04. The van der Waals surface area contributed by atoms with Crippen molar-refractivity contribution in [2.24, 2.45) is 0 Å². The van der Waals surface area contributed by atoms with Crippen LogP contribution in [0.25, 0.3) is 0 Å². The lowest BCUT2D eigenvalue weighted by Crippen LogP contribution is -2.18. The molecule has 0 bridgehead atoms. The molecule has 0 radical (unpaired) electrons. The first-order chi connectivity index (χ1) is 10.3. The summed E-state index contributed by atoms with van der Waals surface area (Å²) < 4.78 is 0. The monoisotopic (exact) mass is 293 g/mol. The largest absolute Gasteiger partial charge is 0.322 e. The van der Waals surface area contributed by atoms with Crippen LogP contribution in [-0.4, -0.2) is 5.91 Å². The van der Waals surface area contributed by atoms with Crippen LogP contribution in [0.15, 0.2) is 48.5 Å². The lowest BCUT2D eigenvalue weighted by atomic mass is 9.82. The van der Waals surface area contributed by atoms with Crippen LogP contribution in [0.1, 0.15) is 55.6 Å². The molecular weight excluding hydrogens is 270 g/mol. The third kappa shape index (κ3) is 2.54. The second-order valence-electron chi connectivity index (χ2n) is 7.53. The lowest BCUT2D eigenvalue weighted by Gasteiger charge is -2.22. The molecule has 0 atom stereocenters. The summed E-state index contributed by atoms with van der Waals surface area (Å²) in [5.41, 5.74) is 4.65. The fraction of sp³-hybridized carbons (Fsp3) is 0.350. The van der Waals surface area contributed by atoms with Crippen molar-refractivity contribution in [1.82, 2.24) is 0 Å². The molecule has 22 heavy (non-hydrogen) atoms. The van der Waals surface area contributed by atoms with Crippen molar-refractivity contribution in [1.29, 1.82) is 0 Å². The van der Waals surface area contributed by atoms with Crippen LogP contribution >= 0.6 is 0 Å². The summed E-state index contributed by atoms with van der Waals surface area (Å²) in [6, 6.07) is 15.7. The summed E-state index contributed by atoms with van der Waals surface area (Å²) in [6.07, 6.45) is 1.13.